The van der Waals surface area contributed by atoms with Crippen LogP contribution in [0.2, 0.25) is 0 Å². The van der Waals surface area contributed by atoms with Crippen molar-refractivity contribution in [3.05, 3.63) is 12.4 Å². The molecular formula is C3H2FO3S-. The molecule has 5 heteroatoms. The highest BCUT2D eigenvalue weighted by Crippen LogP contribution is 1.94. The lowest BCUT2D eigenvalue weighted by molar-refractivity contribution is -0.109. The van der Waals surface area contributed by atoms with Crippen LogP contribution < -0.4 is 0 Å². The van der Waals surface area contributed by atoms with Gasteiger partial charge >= 0.3 is 0 Å². The molecule has 1 atom stereocenters. The molecular weight excluding hydrogens is 135 g/mol. The smallest absolute Gasteiger partial charge is 0.263 e. The van der Waals surface area contributed by atoms with E-state index in [4.69, 9.17) is 0 Å². The number of rotatable bonds is 1. The highest BCUT2D eigenvalue weighted by molar-refractivity contribution is 7.95. The first-order valence-electron chi connectivity index (χ1n) is 1.53. The molecule has 0 heterocycles. The molecule has 0 spiro atoms. The molecule has 0 aliphatic carbocycles. The Kier molecular flexibility index (Phi) is 2.50. The van der Waals surface area contributed by atoms with Crippen molar-refractivity contribution in [2.45, 2.75) is 0 Å². The summed E-state index contributed by atoms with van der Waals surface area (Å²) in [5.41, 5.74) is 0. The van der Waals surface area contributed by atoms with Gasteiger partial charge in [-0.3, -0.25) is 9.00 Å². The van der Waals surface area contributed by atoms with E-state index in [9.17, 15) is 17.9 Å². The van der Waals surface area contributed by atoms with Crippen LogP contribution in [0.1, 0.15) is 0 Å². The van der Waals surface area contributed by atoms with Gasteiger partial charge in [0.15, 0.2) is 5.83 Å². The van der Waals surface area contributed by atoms with Crippen LogP contribution in [0.3, 0.4) is 0 Å². The van der Waals surface area contributed by atoms with Crippen LogP contribution in [0.5, 0.6) is 0 Å². The van der Waals surface area contributed by atoms with Gasteiger partial charge < -0.3 is 4.55 Å². The van der Waals surface area contributed by atoms with Crippen molar-refractivity contribution in [2.24, 2.45) is 0 Å². The summed E-state index contributed by atoms with van der Waals surface area (Å²) in [6.45, 7) is 2.47. The van der Waals surface area contributed by atoms with Crippen LogP contribution in [-0.4, -0.2) is 13.9 Å². The zero-order valence-electron chi connectivity index (χ0n) is 3.72. The van der Waals surface area contributed by atoms with Gasteiger partial charge in [-0.15, -0.1) is 0 Å². The molecule has 0 fully saturated rings. The van der Waals surface area contributed by atoms with E-state index in [0.29, 0.717) is 0 Å². The van der Waals surface area contributed by atoms with E-state index < -0.39 is 22.0 Å². The van der Waals surface area contributed by atoms with Gasteiger partial charge in [-0.1, -0.05) is 6.58 Å². The molecule has 0 aromatic rings. The molecule has 0 N–H and O–H groups in total. The van der Waals surface area contributed by atoms with Crippen LogP contribution in [0, 0.1) is 0 Å². The van der Waals surface area contributed by atoms with Crippen molar-refractivity contribution in [1.82, 2.24) is 0 Å². The van der Waals surface area contributed by atoms with Gasteiger partial charge in [-0.2, -0.15) is 0 Å². The minimum Gasteiger partial charge on any atom is -0.766 e. The largest absolute Gasteiger partial charge is 0.766 e. The predicted molar refractivity (Wildman–Crippen MR) is 24.2 cm³/mol. The fourth-order valence-electron chi connectivity index (χ4n) is 0.0904. The number of carbonyl (C=O) groups is 1. The summed E-state index contributed by atoms with van der Waals surface area (Å²) in [6, 6.07) is 0. The highest BCUT2D eigenvalue weighted by Gasteiger charge is 2.03. The highest BCUT2D eigenvalue weighted by atomic mass is 32.2. The molecule has 8 heavy (non-hydrogen) atoms. The summed E-state index contributed by atoms with van der Waals surface area (Å²) in [5, 5.41) is -1.59. The Hall–Kier alpha value is -0.550. The minimum absolute atomic E-state index is 1.46. The van der Waals surface area contributed by atoms with Crippen LogP contribution in [0.15, 0.2) is 12.4 Å². The lowest BCUT2D eigenvalue weighted by Gasteiger charge is -1.96. The van der Waals surface area contributed by atoms with Crippen LogP contribution in [0.4, 0.5) is 4.39 Å². The van der Waals surface area contributed by atoms with Crippen molar-refractivity contribution >= 4 is 16.2 Å². The SMILES string of the molecule is C=C(F)C(=O)S(=O)[O-]. The van der Waals surface area contributed by atoms with Crippen molar-refractivity contribution < 1.29 is 17.9 Å². The van der Waals surface area contributed by atoms with E-state index in [1.807, 2.05) is 0 Å². The second-order valence-electron chi connectivity index (χ2n) is 0.927. The van der Waals surface area contributed by atoms with E-state index in [2.05, 4.69) is 6.58 Å². The van der Waals surface area contributed by atoms with Gasteiger partial charge in [0.05, 0.1) is 0 Å². The first-order chi connectivity index (χ1) is 3.55. The first kappa shape index (κ1) is 7.45. The van der Waals surface area contributed by atoms with E-state index in [1.54, 1.807) is 0 Å². The fourth-order valence-corrected chi connectivity index (χ4v) is 0.271. The van der Waals surface area contributed by atoms with Gasteiger partial charge in [0, 0.05) is 11.1 Å². The molecule has 46 valence electrons. The Balaban J connectivity index is 4.05. The topological polar surface area (TPSA) is 57.2 Å². The number of hydrogen-bond acceptors (Lipinski definition) is 3. The molecule has 0 aliphatic heterocycles. The van der Waals surface area contributed by atoms with Crippen LogP contribution >= 0.6 is 0 Å². The molecule has 0 saturated carbocycles. The molecule has 0 aromatic heterocycles. The van der Waals surface area contributed by atoms with E-state index in [1.165, 1.54) is 0 Å². The normalized spacial score (nSPS) is 12.8. The van der Waals surface area contributed by atoms with Crippen molar-refractivity contribution in [3.8, 4) is 0 Å². The molecule has 0 rings (SSSR count). The van der Waals surface area contributed by atoms with Gasteiger partial charge in [-0.05, 0) is 0 Å². The average Bonchev–Trinajstić information content (AvgIpc) is 1.64. The monoisotopic (exact) mass is 137 g/mol. The molecule has 0 radical (unpaired) electrons. The molecule has 0 aliphatic rings. The summed E-state index contributed by atoms with van der Waals surface area (Å²) in [6.07, 6.45) is 0. The van der Waals surface area contributed by atoms with Crippen molar-refractivity contribution in [3.63, 3.8) is 0 Å². The summed E-state index contributed by atoms with van der Waals surface area (Å²) < 4.78 is 30.4. The Morgan fingerprint density at radius 3 is 2.12 bits per heavy atom. The van der Waals surface area contributed by atoms with Gasteiger partial charge in [-0.25, -0.2) is 4.39 Å². The summed E-state index contributed by atoms with van der Waals surface area (Å²) in [7, 11) is 0. The Labute approximate surface area is 47.5 Å². The third-order valence-electron chi connectivity index (χ3n) is 0.373. The summed E-state index contributed by atoms with van der Waals surface area (Å²) in [5.74, 6) is -1.46. The second-order valence-corrected chi connectivity index (χ2v) is 1.77. The maximum atomic E-state index is 11.4. The van der Waals surface area contributed by atoms with E-state index in [-0.39, 0.29) is 0 Å². The fraction of sp³-hybridized carbons (Fsp3) is 0. The maximum Gasteiger partial charge on any atom is 0.263 e. The van der Waals surface area contributed by atoms with Crippen LogP contribution in [0.25, 0.3) is 0 Å². The minimum atomic E-state index is -3.00. The molecule has 1 unspecified atom stereocenters. The van der Waals surface area contributed by atoms with E-state index in [0.717, 1.165) is 0 Å². The lowest BCUT2D eigenvalue weighted by atomic mass is 10.7. The predicted octanol–water partition coefficient (Wildman–Crippen LogP) is -0.125. The van der Waals surface area contributed by atoms with E-state index >= 15 is 0 Å². The van der Waals surface area contributed by atoms with Crippen molar-refractivity contribution in [1.29, 1.82) is 0 Å². The quantitative estimate of drug-likeness (QED) is 0.374. The Bertz CT molecular complexity index is 137. The zero-order chi connectivity index (χ0) is 6.73. The molecule has 0 amide bonds. The number of hydrogen-bond donors (Lipinski definition) is 0. The molecule has 3 nitrogen and oxygen atoms in total. The third-order valence-corrected chi connectivity index (χ3v) is 0.897. The molecule has 0 bridgehead atoms. The van der Waals surface area contributed by atoms with Gasteiger partial charge in [0.1, 0.15) is 0 Å². The summed E-state index contributed by atoms with van der Waals surface area (Å²) >= 11 is -3.00. The maximum absolute atomic E-state index is 11.4. The van der Waals surface area contributed by atoms with Crippen molar-refractivity contribution in [2.75, 3.05) is 0 Å². The second kappa shape index (κ2) is 2.68. The first-order valence-corrected chi connectivity index (χ1v) is 2.61. The lowest BCUT2D eigenvalue weighted by Crippen LogP contribution is -2.04. The standard InChI is InChI=1S/C3H3FO3S/c1-2(4)3(5)8(6)7/h1H2,(H,6,7)/p-1. The van der Waals surface area contributed by atoms with Gasteiger partial charge in [0.25, 0.3) is 5.12 Å². The third kappa shape index (κ3) is 1.94. The molecule has 0 aromatic carbocycles. The zero-order valence-corrected chi connectivity index (χ0v) is 4.53. The molecule has 0 saturated heterocycles. The van der Waals surface area contributed by atoms with Crippen LogP contribution in [-0.2, 0) is 15.9 Å². The average molecular weight is 137 g/mol. The number of halogens is 1. The Morgan fingerprint density at radius 1 is 1.75 bits per heavy atom. The summed E-state index contributed by atoms with van der Waals surface area (Å²) in [4.78, 5) is 9.76. The van der Waals surface area contributed by atoms with Gasteiger partial charge in [0.2, 0.25) is 0 Å². The Morgan fingerprint density at radius 2 is 2.12 bits per heavy atom. The number of carbonyl (C=O) groups excluding carboxylic acids is 1.